The van der Waals surface area contributed by atoms with Gasteiger partial charge in [-0.3, -0.25) is 4.98 Å². The molecule has 25 heavy (non-hydrogen) atoms. The smallest absolute Gasteiger partial charge is 0.0706 e. The topological polar surface area (TPSA) is 45.1 Å². The quantitative estimate of drug-likeness (QED) is 0.545. The molecule has 0 aliphatic rings. The molecular weight excluding hydrogens is 308 g/mol. The maximum atomic E-state index is 8.82. The molecule has 2 N–H and O–H groups in total. The molecule has 0 saturated heterocycles. The normalized spacial score (nSPS) is 10.9. The third-order valence-corrected chi connectivity index (χ3v) is 4.43. The van der Waals surface area contributed by atoms with Gasteiger partial charge in [-0.25, -0.2) is 0 Å². The van der Waals surface area contributed by atoms with Crippen molar-refractivity contribution in [3.63, 3.8) is 0 Å². The molecule has 1 aromatic heterocycles. The van der Waals surface area contributed by atoms with Gasteiger partial charge >= 0.3 is 0 Å². The van der Waals surface area contributed by atoms with Crippen LogP contribution in [0.4, 0.5) is 5.69 Å². The van der Waals surface area contributed by atoms with Crippen LogP contribution >= 0.6 is 0 Å². The van der Waals surface area contributed by atoms with E-state index in [0.717, 1.165) is 42.7 Å². The van der Waals surface area contributed by atoms with Crippen LogP contribution in [0.3, 0.4) is 0 Å². The third kappa shape index (κ3) is 5.30. The minimum atomic E-state index is 0.308. The summed E-state index contributed by atoms with van der Waals surface area (Å²) in [5, 5.41) is 13.5. The summed E-state index contributed by atoms with van der Waals surface area (Å²) in [6.45, 7) is 1.03. The number of nitrogens with one attached hydrogen (secondary N) is 1. The molecule has 0 aliphatic carbocycles. The second-order valence-corrected chi connectivity index (χ2v) is 6.44. The van der Waals surface area contributed by atoms with Gasteiger partial charge in [0.25, 0.3) is 0 Å². The molecule has 1 heterocycles. The number of aryl methyl sites for hydroxylation is 1. The number of anilines is 1. The van der Waals surface area contributed by atoms with Gasteiger partial charge in [-0.1, -0.05) is 49.2 Å². The molecule has 0 aliphatic heterocycles. The van der Waals surface area contributed by atoms with Crippen LogP contribution in [-0.4, -0.2) is 16.7 Å². The highest BCUT2D eigenvalue weighted by atomic mass is 16.2. The number of rotatable bonds is 9. The summed E-state index contributed by atoms with van der Waals surface area (Å²) in [5.74, 6) is 0. The monoisotopic (exact) mass is 334 g/mol. The maximum Gasteiger partial charge on any atom is 0.0706 e. The van der Waals surface area contributed by atoms with E-state index in [2.05, 4.69) is 53.8 Å². The minimum absolute atomic E-state index is 0.308. The standard InChI is InChI=1S/C22H26N2O/c25-15-6-2-1-3-8-18-9-7-11-20(16-18)23-17-21-14-13-19-10-4-5-12-22(19)24-21/h4-5,7,9-14,16,23,25H,1-3,6,8,15,17H2. The first-order valence-electron chi connectivity index (χ1n) is 9.13. The summed E-state index contributed by atoms with van der Waals surface area (Å²) in [6.07, 6.45) is 5.48. The molecule has 0 bridgehead atoms. The summed E-state index contributed by atoms with van der Waals surface area (Å²) in [7, 11) is 0. The number of unbranched alkanes of at least 4 members (excludes halogenated alkanes) is 3. The van der Waals surface area contributed by atoms with Gasteiger partial charge in [-0.05, 0) is 49.1 Å². The lowest BCUT2D eigenvalue weighted by Gasteiger charge is -2.09. The summed E-state index contributed by atoms with van der Waals surface area (Å²) >= 11 is 0. The number of aromatic nitrogens is 1. The van der Waals surface area contributed by atoms with Crippen molar-refractivity contribution in [1.82, 2.24) is 4.98 Å². The summed E-state index contributed by atoms with van der Waals surface area (Å²) in [5.41, 5.74) is 4.59. The van der Waals surface area contributed by atoms with Gasteiger partial charge in [0.2, 0.25) is 0 Å². The maximum absolute atomic E-state index is 8.82. The second kappa shape index (κ2) is 9.19. The van der Waals surface area contributed by atoms with E-state index in [9.17, 15) is 0 Å². The molecule has 0 saturated carbocycles. The lowest BCUT2D eigenvalue weighted by atomic mass is 10.1. The van der Waals surface area contributed by atoms with E-state index in [0.29, 0.717) is 6.61 Å². The van der Waals surface area contributed by atoms with Gasteiger partial charge in [-0.15, -0.1) is 0 Å². The highest BCUT2D eigenvalue weighted by Crippen LogP contribution is 2.16. The molecule has 0 radical (unpaired) electrons. The van der Waals surface area contributed by atoms with E-state index >= 15 is 0 Å². The van der Waals surface area contributed by atoms with E-state index in [1.807, 2.05) is 12.1 Å². The lowest BCUT2D eigenvalue weighted by molar-refractivity contribution is 0.282. The number of para-hydroxylation sites is 1. The van der Waals surface area contributed by atoms with Crippen LogP contribution in [-0.2, 0) is 13.0 Å². The Kier molecular flexibility index (Phi) is 6.41. The Labute approximate surface area is 149 Å². The van der Waals surface area contributed by atoms with Crippen LogP contribution in [0.1, 0.15) is 36.9 Å². The molecule has 0 amide bonds. The van der Waals surface area contributed by atoms with Crippen molar-refractivity contribution in [2.24, 2.45) is 0 Å². The molecule has 2 aromatic carbocycles. The zero-order valence-corrected chi connectivity index (χ0v) is 14.6. The van der Waals surface area contributed by atoms with Crippen molar-refractivity contribution in [3.8, 4) is 0 Å². The molecule has 0 unspecified atom stereocenters. The largest absolute Gasteiger partial charge is 0.396 e. The fourth-order valence-electron chi connectivity index (χ4n) is 3.03. The Morgan fingerprint density at radius 1 is 0.840 bits per heavy atom. The Morgan fingerprint density at radius 3 is 2.64 bits per heavy atom. The summed E-state index contributed by atoms with van der Waals surface area (Å²) in [6, 6.07) is 21.0. The molecule has 130 valence electrons. The zero-order valence-electron chi connectivity index (χ0n) is 14.6. The fraction of sp³-hybridized carbons (Fsp3) is 0.318. The molecule has 0 spiro atoms. The Bertz CT molecular complexity index is 801. The van der Waals surface area contributed by atoms with Crippen molar-refractivity contribution in [1.29, 1.82) is 0 Å². The van der Waals surface area contributed by atoms with Crippen LogP contribution in [0.5, 0.6) is 0 Å². The van der Waals surface area contributed by atoms with Crippen molar-refractivity contribution in [3.05, 3.63) is 71.9 Å². The van der Waals surface area contributed by atoms with Crippen LogP contribution in [0, 0.1) is 0 Å². The summed E-state index contributed by atoms with van der Waals surface area (Å²) < 4.78 is 0. The highest BCUT2D eigenvalue weighted by molar-refractivity contribution is 5.78. The number of fused-ring (bicyclic) bond motifs is 1. The van der Waals surface area contributed by atoms with Crippen molar-refractivity contribution >= 4 is 16.6 Å². The van der Waals surface area contributed by atoms with E-state index in [1.165, 1.54) is 23.8 Å². The Morgan fingerprint density at radius 2 is 1.72 bits per heavy atom. The van der Waals surface area contributed by atoms with Crippen molar-refractivity contribution in [2.45, 2.75) is 38.6 Å². The first-order chi connectivity index (χ1) is 12.3. The van der Waals surface area contributed by atoms with Crippen molar-refractivity contribution in [2.75, 3.05) is 11.9 Å². The number of pyridine rings is 1. The average Bonchev–Trinajstić information content (AvgIpc) is 2.66. The number of aliphatic hydroxyl groups is 1. The first-order valence-corrected chi connectivity index (χ1v) is 9.13. The van der Waals surface area contributed by atoms with Crippen molar-refractivity contribution < 1.29 is 5.11 Å². The second-order valence-electron chi connectivity index (χ2n) is 6.44. The number of hydrogen-bond acceptors (Lipinski definition) is 3. The number of benzene rings is 2. The SMILES string of the molecule is OCCCCCCc1cccc(NCc2ccc3ccccc3n2)c1. The number of aliphatic hydroxyl groups excluding tert-OH is 1. The van der Waals surface area contributed by atoms with Crippen LogP contribution in [0.15, 0.2) is 60.7 Å². The number of nitrogens with zero attached hydrogens (tertiary/aromatic N) is 1. The minimum Gasteiger partial charge on any atom is -0.396 e. The highest BCUT2D eigenvalue weighted by Gasteiger charge is 2.00. The first kappa shape index (κ1) is 17.4. The van der Waals surface area contributed by atoms with Gasteiger partial charge in [0.05, 0.1) is 17.8 Å². The van der Waals surface area contributed by atoms with Crippen LogP contribution in [0.25, 0.3) is 10.9 Å². The molecule has 0 fully saturated rings. The van der Waals surface area contributed by atoms with Crippen LogP contribution in [0.2, 0.25) is 0 Å². The van der Waals surface area contributed by atoms with Crippen LogP contribution < -0.4 is 5.32 Å². The van der Waals surface area contributed by atoms with Gasteiger partial charge in [-0.2, -0.15) is 0 Å². The van der Waals surface area contributed by atoms with E-state index in [-0.39, 0.29) is 0 Å². The van der Waals surface area contributed by atoms with Gasteiger partial charge < -0.3 is 10.4 Å². The molecular formula is C22H26N2O. The average molecular weight is 334 g/mol. The number of hydrogen-bond donors (Lipinski definition) is 2. The third-order valence-electron chi connectivity index (χ3n) is 4.43. The predicted octanol–water partition coefficient (Wildman–Crippen LogP) is 4.94. The molecule has 3 aromatic rings. The van der Waals surface area contributed by atoms with E-state index in [1.54, 1.807) is 0 Å². The van der Waals surface area contributed by atoms with Gasteiger partial charge in [0, 0.05) is 17.7 Å². The molecule has 3 heteroatoms. The summed E-state index contributed by atoms with van der Waals surface area (Å²) in [4.78, 5) is 4.71. The van der Waals surface area contributed by atoms with E-state index < -0.39 is 0 Å². The molecule has 0 atom stereocenters. The van der Waals surface area contributed by atoms with Gasteiger partial charge in [0.1, 0.15) is 0 Å². The lowest BCUT2D eigenvalue weighted by Crippen LogP contribution is -2.02. The Balaban J connectivity index is 1.54. The van der Waals surface area contributed by atoms with Gasteiger partial charge in [0.15, 0.2) is 0 Å². The predicted molar refractivity (Wildman–Crippen MR) is 105 cm³/mol. The van der Waals surface area contributed by atoms with E-state index in [4.69, 9.17) is 10.1 Å². The fourth-order valence-corrected chi connectivity index (χ4v) is 3.03. The Hall–Kier alpha value is -2.39. The molecule has 3 nitrogen and oxygen atoms in total. The molecule has 3 rings (SSSR count). The zero-order chi connectivity index (χ0) is 17.3.